The van der Waals surface area contributed by atoms with E-state index in [0.29, 0.717) is 12.8 Å². The van der Waals surface area contributed by atoms with Crippen LogP contribution in [0.2, 0.25) is 0 Å². The zero-order valence-corrected chi connectivity index (χ0v) is 14.4. The number of carbonyl (C=O) groups is 1. The fraction of sp³-hybridized carbons (Fsp3) is 0.562. The smallest absolute Gasteiger partial charge is 0.349 e. The molecule has 25 heavy (non-hydrogen) atoms. The number of halogens is 3. The Morgan fingerprint density at radius 2 is 1.80 bits per heavy atom. The molecule has 138 valence electrons. The Kier molecular flexibility index (Phi) is 4.57. The van der Waals surface area contributed by atoms with Crippen LogP contribution in [0.25, 0.3) is 0 Å². The van der Waals surface area contributed by atoms with E-state index in [9.17, 15) is 26.4 Å². The topological polar surface area (TPSA) is 66.5 Å². The number of alkyl halides is 3. The minimum atomic E-state index is -4.50. The van der Waals surface area contributed by atoms with Crippen LogP contribution in [0.15, 0.2) is 24.3 Å². The van der Waals surface area contributed by atoms with E-state index in [-0.39, 0.29) is 23.7 Å². The number of piperidine rings is 1. The highest BCUT2D eigenvalue weighted by atomic mass is 32.2. The van der Waals surface area contributed by atoms with Gasteiger partial charge in [0.1, 0.15) is 0 Å². The molecule has 1 aromatic rings. The van der Waals surface area contributed by atoms with Crippen LogP contribution in [-0.4, -0.2) is 43.0 Å². The van der Waals surface area contributed by atoms with E-state index in [1.165, 1.54) is 22.7 Å². The van der Waals surface area contributed by atoms with Gasteiger partial charge in [-0.1, -0.05) is 6.07 Å². The highest BCUT2D eigenvalue weighted by Gasteiger charge is 2.45. The van der Waals surface area contributed by atoms with Crippen LogP contribution in [0, 0.1) is 0 Å². The number of amides is 1. The lowest BCUT2D eigenvalue weighted by Gasteiger charge is -2.37. The van der Waals surface area contributed by atoms with Crippen LogP contribution in [0.5, 0.6) is 0 Å². The molecule has 2 aliphatic rings. The first kappa shape index (κ1) is 18.2. The van der Waals surface area contributed by atoms with Gasteiger partial charge >= 0.3 is 6.18 Å². The molecule has 0 saturated carbocycles. The molecule has 2 aliphatic heterocycles. The molecule has 5 nitrogen and oxygen atoms in total. The average molecular weight is 376 g/mol. The van der Waals surface area contributed by atoms with Crippen molar-refractivity contribution < 1.29 is 26.4 Å². The lowest BCUT2D eigenvalue weighted by atomic mass is 9.99. The average Bonchev–Trinajstić information content (AvgIpc) is 2.79. The summed E-state index contributed by atoms with van der Waals surface area (Å²) in [5.74, 6) is -0.566. The first-order valence-electron chi connectivity index (χ1n) is 8.02. The van der Waals surface area contributed by atoms with Gasteiger partial charge < -0.3 is 5.32 Å². The number of hydrogen-bond donors (Lipinski definition) is 1. The van der Waals surface area contributed by atoms with Gasteiger partial charge in [-0.2, -0.15) is 17.5 Å². The van der Waals surface area contributed by atoms with Crippen molar-refractivity contribution in [1.82, 2.24) is 9.62 Å². The van der Waals surface area contributed by atoms with Crippen LogP contribution in [0.4, 0.5) is 13.2 Å². The maximum atomic E-state index is 12.8. The fourth-order valence-electron chi connectivity index (χ4n) is 3.90. The van der Waals surface area contributed by atoms with E-state index in [4.69, 9.17) is 0 Å². The van der Waals surface area contributed by atoms with Gasteiger partial charge in [-0.25, -0.2) is 8.42 Å². The molecule has 3 rings (SSSR count). The number of fused-ring (bicyclic) bond motifs is 2. The molecule has 0 spiro atoms. The molecule has 2 heterocycles. The SMILES string of the molecule is CS(=O)(=O)N1C2CCC1CC(NC(=O)c1cccc(C(F)(F)F)c1)C2. The summed E-state index contributed by atoms with van der Waals surface area (Å²) in [5.41, 5.74) is -0.917. The zero-order chi connectivity index (χ0) is 18.4. The van der Waals surface area contributed by atoms with Gasteiger partial charge in [0.2, 0.25) is 10.0 Å². The largest absolute Gasteiger partial charge is 0.416 e. The van der Waals surface area contributed by atoms with Crippen LogP contribution >= 0.6 is 0 Å². The van der Waals surface area contributed by atoms with Crippen LogP contribution in [0.3, 0.4) is 0 Å². The van der Waals surface area contributed by atoms with Gasteiger partial charge in [0, 0.05) is 23.7 Å². The first-order valence-corrected chi connectivity index (χ1v) is 9.87. The molecule has 9 heteroatoms. The number of hydrogen-bond acceptors (Lipinski definition) is 3. The standard InChI is InChI=1S/C16H19F3N2O3S/c1-25(23,24)21-13-5-6-14(21)9-12(8-13)20-15(22)10-3-2-4-11(7-10)16(17,18)19/h2-4,7,12-14H,5-6,8-9H2,1H3,(H,20,22). The third-order valence-corrected chi connectivity index (χ3v) is 6.20. The summed E-state index contributed by atoms with van der Waals surface area (Å²) in [4.78, 5) is 12.3. The van der Waals surface area contributed by atoms with Gasteiger partial charge in [0.25, 0.3) is 5.91 Å². The number of nitrogens with one attached hydrogen (secondary N) is 1. The summed E-state index contributed by atoms with van der Waals surface area (Å²) in [7, 11) is -3.29. The van der Waals surface area contributed by atoms with E-state index in [1.54, 1.807) is 0 Å². The summed E-state index contributed by atoms with van der Waals surface area (Å²) in [6.45, 7) is 0. The molecule has 2 saturated heterocycles. The number of nitrogens with zero attached hydrogens (tertiary/aromatic N) is 1. The summed E-state index contributed by atoms with van der Waals surface area (Å²) >= 11 is 0. The van der Waals surface area contributed by atoms with E-state index in [1.807, 2.05) is 0 Å². The monoisotopic (exact) mass is 376 g/mol. The quantitative estimate of drug-likeness (QED) is 0.881. The maximum absolute atomic E-state index is 12.8. The highest BCUT2D eigenvalue weighted by molar-refractivity contribution is 7.88. The highest BCUT2D eigenvalue weighted by Crippen LogP contribution is 2.37. The van der Waals surface area contributed by atoms with Crippen LogP contribution < -0.4 is 5.32 Å². The lowest BCUT2D eigenvalue weighted by Crippen LogP contribution is -2.52. The van der Waals surface area contributed by atoms with Gasteiger partial charge in [0.15, 0.2) is 0 Å². The molecular weight excluding hydrogens is 357 g/mol. The van der Waals surface area contributed by atoms with E-state index >= 15 is 0 Å². The van der Waals surface area contributed by atoms with Gasteiger partial charge in [-0.3, -0.25) is 4.79 Å². The molecule has 0 aromatic heterocycles. The first-order chi connectivity index (χ1) is 11.6. The van der Waals surface area contributed by atoms with E-state index in [2.05, 4.69) is 5.32 Å². The Bertz CT molecular complexity index is 765. The summed E-state index contributed by atoms with van der Waals surface area (Å²) < 4.78 is 63.5. The van der Waals surface area contributed by atoms with Crippen molar-refractivity contribution >= 4 is 15.9 Å². The predicted molar refractivity (Wildman–Crippen MR) is 85.4 cm³/mol. The normalized spacial score (nSPS) is 27.3. The Hall–Kier alpha value is -1.61. The number of benzene rings is 1. The van der Waals surface area contributed by atoms with Gasteiger partial charge in [-0.05, 0) is 43.9 Å². The number of rotatable bonds is 3. The second-order valence-electron chi connectivity index (χ2n) is 6.70. The van der Waals surface area contributed by atoms with Crippen LogP contribution in [-0.2, 0) is 16.2 Å². The molecule has 2 atom stereocenters. The van der Waals surface area contributed by atoms with Gasteiger partial charge in [0.05, 0.1) is 11.8 Å². The van der Waals surface area contributed by atoms with Crippen molar-refractivity contribution in [2.24, 2.45) is 0 Å². The van der Waals surface area contributed by atoms with Crippen molar-refractivity contribution in [3.63, 3.8) is 0 Å². The van der Waals surface area contributed by atoms with E-state index < -0.39 is 27.7 Å². The lowest BCUT2D eigenvalue weighted by molar-refractivity contribution is -0.137. The predicted octanol–water partition coefficient (Wildman–Crippen LogP) is 2.39. The summed E-state index contributed by atoms with van der Waals surface area (Å²) in [6.07, 6.45) is -0.875. The fourth-order valence-corrected chi connectivity index (χ4v) is 5.36. The molecular formula is C16H19F3N2O3S. The van der Waals surface area contributed by atoms with Crippen LogP contribution in [0.1, 0.15) is 41.6 Å². The summed E-state index contributed by atoms with van der Waals surface area (Å²) in [6, 6.07) is 3.74. The third-order valence-electron chi connectivity index (χ3n) is 4.84. The zero-order valence-electron chi connectivity index (χ0n) is 13.6. The molecule has 1 N–H and O–H groups in total. The molecule has 0 aliphatic carbocycles. The molecule has 1 amide bonds. The van der Waals surface area contributed by atoms with Crippen molar-refractivity contribution in [3.8, 4) is 0 Å². The minimum Gasteiger partial charge on any atom is -0.349 e. The number of sulfonamides is 1. The minimum absolute atomic E-state index is 0.0484. The second kappa shape index (κ2) is 6.28. The maximum Gasteiger partial charge on any atom is 0.416 e. The molecule has 2 unspecified atom stereocenters. The van der Waals surface area contributed by atoms with Crippen molar-refractivity contribution in [3.05, 3.63) is 35.4 Å². The Morgan fingerprint density at radius 3 is 2.32 bits per heavy atom. The van der Waals surface area contributed by atoms with Crippen molar-refractivity contribution in [2.75, 3.05) is 6.26 Å². The Labute approximate surface area is 144 Å². The van der Waals surface area contributed by atoms with Crippen molar-refractivity contribution in [1.29, 1.82) is 0 Å². The molecule has 0 radical (unpaired) electrons. The summed E-state index contributed by atoms with van der Waals surface area (Å²) in [5, 5.41) is 2.76. The van der Waals surface area contributed by atoms with Gasteiger partial charge in [-0.15, -0.1) is 0 Å². The Morgan fingerprint density at radius 1 is 1.20 bits per heavy atom. The van der Waals surface area contributed by atoms with Crippen molar-refractivity contribution in [2.45, 2.75) is 50.0 Å². The molecule has 2 fully saturated rings. The molecule has 2 bridgehead atoms. The van der Waals surface area contributed by atoms with E-state index in [0.717, 1.165) is 25.0 Å². The second-order valence-corrected chi connectivity index (χ2v) is 8.59. The third kappa shape index (κ3) is 3.82. The Balaban J connectivity index is 1.70. The molecule has 1 aromatic carbocycles. The number of carbonyl (C=O) groups excluding carboxylic acids is 1.